The minimum atomic E-state index is -1.51. The van der Waals surface area contributed by atoms with Crippen molar-refractivity contribution in [1.29, 1.82) is 0 Å². The molecule has 132 valence electrons. The molecule has 8 N–H and O–H groups in total. The number of amides is 2. The summed E-state index contributed by atoms with van der Waals surface area (Å²) in [5, 5.41) is 42.2. The number of aliphatic carboxylic acids is 1. The average Bonchev–Trinajstić information content (AvgIpc) is 2.46. The van der Waals surface area contributed by atoms with Gasteiger partial charge in [-0.25, -0.2) is 0 Å². The fourth-order valence-corrected chi connectivity index (χ4v) is 2.14. The van der Waals surface area contributed by atoms with Gasteiger partial charge in [-0.05, 0) is 0 Å². The van der Waals surface area contributed by atoms with Crippen molar-refractivity contribution in [2.45, 2.75) is 50.0 Å². The number of rotatable bonds is 6. The maximum absolute atomic E-state index is 11.8. The topological polar surface area (TPSA) is 191 Å². The van der Waals surface area contributed by atoms with E-state index in [-0.39, 0.29) is 0 Å². The molecule has 0 spiro atoms. The van der Waals surface area contributed by atoms with E-state index in [0.29, 0.717) is 0 Å². The Morgan fingerprint density at radius 3 is 2.30 bits per heavy atom. The molecule has 0 radical (unpaired) electrons. The van der Waals surface area contributed by atoms with E-state index in [1.165, 1.54) is 0 Å². The zero-order valence-electron chi connectivity index (χ0n) is 12.4. The lowest BCUT2D eigenvalue weighted by atomic mass is 9.95. The van der Waals surface area contributed by atoms with Crippen molar-refractivity contribution in [2.75, 3.05) is 6.61 Å². The summed E-state index contributed by atoms with van der Waals surface area (Å²) in [6, 6.07) is -2.61. The minimum absolute atomic E-state index is 0.547. The number of hydrogen-bond donors (Lipinski definition) is 7. The standard InChI is InChI=1S/C12H21N3O8/c1-4(17)14-8-10(20)9(19)6(3-16)23-11(8)15-7(18)2-5(13)12(21)22/h5-6,8-11,16,19-20H,2-3,13H2,1H3,(H,14,17)(H,15,18)(H,21,22)/t5-,6?,8?,9?,10?,11?/m0/s1. The van der Waals surface area contributed by atoms with Crippen molar-refractivity contribution in [3.8, 4) is 0 Å². The van der Waals surface area contributed by atoms with E-state index in [4.69, 9.17) is 20.7 Å². The maximum Gasteiger partial charge on any atom is 0.321 e. The molecule has 2 amide bonds. The molecular weight excluding hydrogens is 314 g/mol. The van der Waals surface area contributed by atoms with Gasteiger partial charge in [0.1, 0.15) is 30.4 Å². The Balaban J connectivity index is 2.82. The summed E-state index contributed by atoms with van der Waals surface area (Å²) in [6.45, 7) is 0.530. The summed E-state index contributed by atoms with van der Waals surface area (Å²) in [6.07, 6.45) is -6.00. The molecule has 1 rings (SSSR count). The zero-order chi connectivity index (χ0) is 17.7. The molecule has 1 fully saturated rings. The summed E-state index contributed by atoms with van der Waals surface area (Å²) < 4.78 is 5.25. The predicted molar refractivity (Wildman–Crippen MR) is 73.7 cm³/mol. The van der Waals surface area contributed by atoms with Gasteiger partial charge in [0.15, 0.2) is 6.23 Å². The predicted octanol–water partition coefficient (Wildman–Crippen LogP) is -4.15. The second-order valence-corrected chi connectivity index (χ2v) is 5.20. The lowest BCUT2D eigenvalue weighted by Gasteiger charge is -2.42. The fourth-order valence-electron chi connectivity index (χ4n) is 2.14. The van der Waals surface area contributed by atoms with E-state index >= 15 is 0 Å². The van der Waals surface area contributed by atoms with Gasteiger partial charge in [-0.15, -0.1) is 0 Å². The maximum atomic E-state index is 11.8. The van der Waals surface area contributed by atoms with Crippen LogP contribution in [0.15, 0.2) is 0 Å². The molecule has 5 unspecified atom stereocenters. The molecule has 1 heterocycles. The number of carboxylic acid groups (broad SMARTS) is 1. The third kappa shape index (κ3) is 5.11. The van der Waals surface area contributed by atoms with Gasteiger partial charge < -0.3 is 41.5 Å². The molecule has 11 heteroatoms. The van der Waals surface area contributed by atoms with Crippen LogP contribution in [-0.2, 0) is 19.1 Å². The summed E-state index contributed by atoms with van der Waals surface area (Å²) in [5.41, 5.74) is 5.24. The van der Waals surface area contributed by atoms with Crippen LogP contribution in [-0.4, -0.2) is 81.4 Å². The van der Waals surface area contributed by atoms with Gasteiger partial charge in [0.2, 0.25) is 11.8 Å². The number of ether oxygens (including phenoxy) is 1. The van der Waals surface area contributed by atoms with Crippen LogP contribution in [0, 0.1) is 0 Å². The van der Waals surface area contributed by atoms with Crippen LogP contribution < -0.4 is 16.4 Å². The monoisotopic (exact) mass is 335 g/mol. The summed E-state index contributed by atoms with van der Waals surface area (Å²) >= 11 is 0. The highest BCUT2D eigenvalue weighted by Gasteiger charge is 2.45. The normalized spacial score (nSPS) is 32.0. The van der Waals surface area contributed by atoms with Crippen molar-refractivity contribution >= 4 is 17.8 Å². The summed E-state index contributed by atoms with van der Waals surface area (Å²) in [4.78, 5) is 33.6. The SMILES string of the molecule is CC(=O)NC1C(NC(=O)C[C@H](N)C(=O)O)OC(CO)C(O)C1O. The van der Waals surface area contributed by atoms with E-state index in [1.807, 2.05) is 0 Å². The molecule has 23 heavy (non-hydrogen) atoms. The number of nitrogens with two attached hydrogens (primary N) is 1. The zero-order valence-corrected chi connectivity index (χ0v) is 12.4. The second-order valence-electron chi connectivity index (χ2n) is 5.20. The van der Waals surface area contributed by atoms with Crippen LogP contribution in [0.1, 0.15) is 13.3 Å². The highest BCUT2D eigenvalue weighted by molar-refractivity contribution is 5.84. The lowest BCUT2D eigenvalue weighted by molar-refractivity contribution is -0.203. The average molecular weight is 335 g/mol. The van der Waals surface area contributed by atoms with Crippen LogP contribution in [0.25, 0.3) is 0 Å². The van der Waals surface area contributed by atoms with Gasteiger partial charge in [0.05, 0.1) is 13.0 Å². The molecule has 1 saturated heterocycles. The van der Waals surface area contributed by atoms with Crippen LogP contribution in [0.2, 0.25) is 0 Å². The smallest absolute Gasteiger partial charge is 0.321 e. The quantitative estimate of drug-likeness (QED) is 0.252. The molecule has 0 aromatic heterocycles. The first-order valence-corrected chi connectivity index (χ1v) is 6.84. The minimum Gasteiger partial charge on any atom is -0.480 e. The van der Waals surface area contributed by atoms with E-state index in [9.17, 15) is 24.6 Å². The molecule has 11 nitrogen and oxygen atoms in total. The number of aliphatic hydroxyl groups excluding tert-OH is 3. The number of hydrogen-bond acceptors (Lipinski definition) is 8. The third-order valence-corrected chi connectivity index (χ3v) is 3.32. The first-order valence-electron chi connectivity index (χ1n) is 6.84. The van der Waals surface area contributed by atoms with Crippen molar-refractivity contribution < 1.29 is 39.5 Å². The number of aliphatic hydroxyl groups is 3. The Kier molecular flexibility index (Phi) is 6.84. The van der Waals surface area contributed by atoms with Crippen LogP contribution in [0.5, 0.6) is 0 Å². The largest absolute Gasteiger partial charge is 0.480 e. The Bertz CT molecular complexity index is 460. The number of nitrogens with one attached hydrogen (secondary N) is 2. The van der Waals surface area contributed by atoms with E-state index in [2.05, 4.69) is 10.6 Å². The van der Waals surface area contributed by atoms with Crippen LogP contribution in [0.4, 0.5) is 0 Å². The van der Waals surface area contributed by atoms with Gasteiger partial charge in [0, 0.05) is 6.92 Å². The molecule has 1 aliphatic heterocycles. The second kappa shape index (κ2) is 8.17. The molecule has 0 aromatic carbocycles. The Morgan fingerprint density at radius 1 is 1.22 bits per heavy atom. The molecule has 1 aliphatic rings. The van der Waals surface area contributed by atoms with Gasteiger partial charge in [-0.1, -0.05) is 0 Å². The highest BCUT2D eigenvalue weighted by atomic mass is 16.5. The lowest BCUT2D eigenvalue weighted by Crippen LogP contribution is -2.68. The van der Waals surface area contributed by atoms with Crippen molar-refractivity contribution in [1.82, 2.24) is 10.6 Å². The number of carbonyl (C=O) groups excluding carboxylic acids is 2. The van der Waals surface area contributed by atoms with Crippen molar-refractivity contribution in [3.05, 3.63) is 0 Å². The first kappa shape index (κ1) is 19.3. The fraction of sp³-hybridized carbons (Fsp3) is 0.750. The molecule has 6 atom stereocenters. The Morgan fingerprint density at radius 2 is 1.83 bits per heavy atom. The Labute approximate surface area is 131 Å². The van der Waals surface area contributed by atoms with Gasteiger partial charge >= 0.3 is 5.97 Å². The van der Waals surface area contributed by atoms with Crippen molar-refractivity contribution in [3.63, 3.8) is 0 Å². The van der Waals surface area contributed by atoms with Gasteiger partial charge in [-0.3, -0.25) is 14.4 Å². The summed E-state index contributed by atoms with van der Waals surface area (Å²) in [7, 11) is 0. The number of carboxylic acids is 1. The molecule has 0 aromatic rings. The van der Waals surface area contributed by atoms with E-state index < -0.39 is 67.4 Å². The van der Waals surface area contributed by atoms with Crippen LogP contribution in [0.3, 0.4) is 0 Å². The van der Waals surface area contributed by atoms with Gasteiger partial charge in [-0.2, -0.15) is 0 Å². The third-order valence-electron chi connectivity index (χ3n) is 3.32. The first-order chi connectivity index (χ1) is 10.7. The number of carbonyl (C=O) groups is 3. The van der Waals surface area contributed by atoms with Crippen LogP contribution >= 0.6 is 0 Å². The van der Waals surface area contributed by atoms with Crippen molar-refractivity contribution in [2.24, 2.45) is 5.73 Å². The van der Waals surface area contributed by atoms with E-state index in [0.717, 1.165) is 6.92 Å². The molecule has 0 bridgehead atoms. The summed E-state index contributed by atoms with van der Waals surface area (Å²) in [5.74, 6) is -2.71. The Hall–Kier alpha value is -1.79. The molecule has 0 saturated carbocycles. The van der Waals surface area contributed by atoms with E-state index in [1.54, 1.807) is 0 Å². The molecular formula is C12H21N3O8. The van der Waals surface area contributed by atoms with Gasteiger partial charge in [0.25, 0.3) is 0 Å². The molecule has 0 aliphatic carbocycles. The highest BCUT2D eigenvalue weighted by Crippen LogP contribution is 2.20.